The lowest BCUT2D eigenvalue weighted by molar-refractivity contribution is -0.130. The van der Waals surface area contributed by atoms with E-state index in [2.05, 4.69) is 10.2 Å². The highest BCUT2D eigenvalue weighted by atomic mass is 16.2. The van der Waals surface area contributed by atoms with Crippen LogP contribution in [0.5, 0.6) is 0 Å². The molecule has 0 spiro atoms. The van der Waals surface area contributed by atoms with Crippen LogP contribution in [0.4, 0.5) is 0 Å². The van der Waals surface area contributed by atoms with Crippen LogP contribution in [0.15, 0.2) is 0 Å². The summed E-state index contributed by atoms with van der Waals surface area (Å²) in [6.45, 7) is 4.88. The zero-order valence-electron chi connectivity index (χ0n) is 15.0. The molecule has 1 aliphatic carbocycles. The number of nitrogens with one attached hydrogen (secondary N) is 1. The molecule has 5 nitrogen and oxygen atoms in total. The molecule has 1 saturated carbocycles. The highest BCUT2D eigenvalue weighted by Gasteiger charge is 2.38. The highest BCUT2D eigenvalue weighted by molar-refractivity contribution is 5.89. The van der Waals surface area contributed by atoms with Crippen LogP contribution in [0.3, 0.4) is 0 Å². The Hall–Kier alpha value is -1.10. The molecule has 1 N–H and O–H groups in total. The fraction of sp³-hybridized carbons (Fsp3) is 0.895. The van der Waals surface area contributed by atoms with E-state index in [9.17, 15) is 9.59 Å². The van der Waals surface area contributed by atoms with Gasteiger partial charge < -0.3 is 15.1 Å². The van der Waals surface area contributed by atoms with Gasteiger partial charge in [-0.3, -0.25) is 9.59 Å². The van der Waals surface area contributed by atoms with Crippen LogP contribution >= 0.6 is 0 Å². The molecule has 2 amide bonds. The summed E-state index contributed by atoms with van der Waals surface area (Å²) in [5, 5.41) is 3.07. The summed E-state index contributed by atoms with van der Waals surface area (Å²) >= 11 is 0. The van der Waals surface area contributed by atoms with Crippen molar-refractivity contribution in [3.05, 3.63) is 0 Å². The maximum absolute atomic E-state index is 12.4. The molecule has 1 atom stereocenters. The average molecular weight is 335 g/mol. The van der Waals surface area contributed by atoms with E-state index in [1.165, 1.54) is 51.6 Å². The standard InChI is InChI=1S/C19H33N3O2/c23-18-14-16(15-22(18)17-8-3-4-9-17)19(24)20-10-7-13-21-11-5-1-2-6-12-21/h16-17H,1-15H2,(H,20,24)/t16-/m1/s1. The minimum atomic E-state index is -0.128. The average Bonchev–Trinajstić information content (AvgIpc) is 3.15. The molecule has 3 rings (SSSR count). The molecule has 24 heavy (non-hydrogen) atoms. The normalized spacial score (nSPS) is 26.8. The van der Waals surface area contributed by atoms with Crippen molar-refractivity contribution in [3.8, 4) is 0 Å². The lowest BCUT2D eigenvalue weighted by Gasteiger charge is -2.24. The predicted octanol–water partition coefficient (Wildman–Crippen LogP) is 2.16. The van der Waals surface area contributed by atoms with E-state index >= 15 is 0 Å². The minimum Gasteiger partial charge on any atom is -0.356 e. The molecule has 0 radical (unpaired) electrons. The van der Waals surface area contributed by atoms with E-state index in [4.69, 9.17) is 0 Å². The van der Waals surface area contributed by atoms with Gasteiger partial charge in [0.2, 0.25) is 11.8 Å². The Balaban J connectivity index is 1.34. The Bertz CT molecular complexity index is 426. The van der Waals surface area contributed by atoms with Crippen LogP contribution in [-0.2, 0) is 9.59 Å². The SMILES string of the molecule is O=C(NCCCN1CCCCCC1)[C@@H]1CC(=O)N(C2CCCC2)C1. The van der Waals surface area contributed by atoms with Crippen molar-refractivity contribution >= 4 is 11.8 Å². The lowest BCUT2D eigenvalue weighted by Crippen LogP contribution is -2.37. The van der Waals surface area contributed by atoms with Crippen LogP contribution < -0.4 is 5.32 Å². The number of carbonyl (C=O) groups is 2. The van der Waals surface area contributed by atoms with Crippen molar-refractivity contribution in [1.29, 1.82) is 0 Å². The number of carbonyl (C=O) groups excluding carboxylic acids is 2. The molecule has 2 aliphatic heterocycles. The molecule has 0 aromatic rings. The molecule has 3 fully saturated rings. The van der Waals surface area contributed by atoms with Gasteiger partial charge in [0.05, 0.1) is 5.92 Å². The summed E-state index contributed by atoms with van der Waals surface area (Å²) in [7, 11) is 0. The Morgan fingerprint density at radius 1 is 1.04 bits per heavy atom. The summed E-state index contributed by atoms with van der Waals surface area (Å²) in [4.78, 5) is 29.0. The van der Waals surface area contributed by atoms with Gasteiger partial charge in [0.25, 0.3) is 0 Å². The maximum Gasteiger partial charge on any atom is 0.225 e. The second kappa shape index (κ2) is 8.84. The van der Waals surface area contributed by atoms with Gasteiger partial charge in [-0.15, -0.1) is 0 Å². The molecule has 5 heteroatoms. The topological polar surface area (TPSA) is 52.7 Å². The zero-order chi connectivity index (χ0) is 16.8. The van der Waals surface area contributed by atoms with Gasteiger partial charge in [0, 0.05) is 25.6 Å². The van der Waals surface area contributed by atoms with Crippen molar-refractivity contribution in [3.63, 3.8) is 0 Å². The van der Waals surface area contributed by atoms with E-state index in [-0.39, 0.29) is 17.7 Å². The van der Waals surface area contributed by atoms with Gasteiger partial charge in [-0.1, -0.05) is 25.7 Å². The number of rotatable bonds is 6. The van der Waals surface area contributed by atoms with Crippen molar-refractivity contribution in [2.24, 2.45) is 5.92 Å². The summed E-state index contributed by atoms with van der Waals surface area (Å²) in [6.07, 6.45) is 11.5. The first-order chi connectivity index (χ1) is 11.7. The quantitative estimate of drug-likeness (QED) is 0.757. The van der Waals surface area contributed by atoms with Crippen LogP contribution in [0.25, 0.3) is 0 Å². The van der Waals surface area contributed by atoms with Crippen molar-refractivity contribution in [2.45, 2.75) is 70.3 Å². The van der Waals surface area contributed by atoms with E-state index in [0.717, 1.165) is 32.4 Å². The smallest absolute Gasteiger partial charge is 0.225 e. The Labute approximate surface area is 146 Å². The largest absolute Gasteiger partial charge is 0.356 e. The molecular formula is C19H33N3O2. The molecule has 2 heterocycles. The summed E-state index contributed by atoms with van der Waals surface area (Å²) in [5.74, 6) is 0.141. The van der Waals surface area contributed by atoms with Gasteiger partial charge in [-0.25, -0.2) is 0 Å². The molecule has 136 valence electrons. The molecule has 0 unspecified atom stereocenters. The van der Waals surface area contributed by atoms with Crippen molar-refractivity contribution in [1.82, 2.24) is 15.1 Å². The Morgan fingerprint density at radius 3 is 2.46 bits per heavy atom. The third kappa shape index (κ3) is 4.71. The predicted molar refractivity (Wildman–Crippen MR) is 94.6 cm³/mol. The van der Waals surface area contributed by atoms with Gasteiger partial charge in [-0.05, 0) is 51.7 Å². The first-order valence-corrected chi connectivity index (χ1v) is 10.0. The minimum absolute atomic E-state index is 0.0831. The van der Waals surface area contributed by atoms with Gasteiger partial charge in [-0.2, -0.15) is 0 Å². The van der Waals surface area contributed by atoms with E-state index in [0.29, 0.717) is 19.0 Å². The molecule has 0 aromatic heterocycles. The van der Waals surface area contributed by atoms with Crippen LogP contribution in [0.1, 0.15) is 64.2 Å². The summed E-state index contributed by atoms with van der Waals surface area (Å²) in [5.41, 5.74) is 0. The number of amides is 2. The summed E-state index contributed by atoms with van der Waals surface area (Å²) in [6, 6.07) is 0.401. The first kappa shape index (κ1) is 17.7. The monoisotopic (exact) mass is 335 g/mol. The molecule has 0 bridgehead atoms. The third-order valence-electron chi connectivity index (χ3n) is 5.94. The Morgan fingerprint density at radius 2 is 1.75 bits per heavy atom. The number of likely N-dealkylation sites (tertiary alicyclic amines) is 2. The summed E-state index contributed by atoms with van der Waals surface area (Å²) < 4.78 is 0. The van der Waals surface area contributed by atoms with Gasteiger partial charge in [0.1, 0.15) is 0 Å². The molecule has 3 aliphatic rings. The van der Waals surface area contributed by atoms with Crippen LogP contribution in [0, 0.1) is 5.92 Å². The van der Waals surface area contributed by atoms with E-state index in [1.54, 1.807) is 0 Å². The second-order valence-corrected chi connectivity index (χ2v) is 7.79. The number of hydrogen-bond acceptors (Lipinski definition) is 3. The maximum atomic E-state index is 12.4. The van der Waals surface area contributed by atoms with Crippen molar-refractivity contribution in [2.75, 3.05) is 32.7 Å². The van der Waals surface area contributed by atoms with Gasteiger partial charge >= 0.3 is 0 Å². The van der Waals surface area contributed by atoms with Gasteiger partial charge in [0.15, 0.2) is 0 Å². The van der Waals surface area contributed by atoms with E-state index < -0.39 is 0 Å². The lowest BCUT2D eigenvalue weighted by atomic mass is 10.1. The van der Waals surface area contributed by atoms with Crippen LogP contribution in [-0.4, -0.2) is 60.4 Å². The van der Waals surface area contributed by atoms with E-state index in [1.807, 2.05) is 4.90 Å². The fourth-order valence-electron chi connectivity index (χ4n) is 4.49. The number of nitrogens with zero attached hydrogens (tertiary/aromatic N) is 2. The molecule has 0 aromatic carbocycles. The zero-order valence-corrected chi connectivity index (χ0v) is 15.0. The fourth-order valence-corrected chi connectivity index (χ4v) is 4.49. The van der Waals surface area contributed by atoms with Crippen molar-refractivity contribution < 1.29 is 9.59 Å². The second-order valence-electron chi connectivity index (χ2n) is 7.79. The highest BCUT2D eigenvalue weighted by Crippen LogP contribution is 2.29. The molecule has 2 saturated heterocycles. The van der Waals surface area contributed by atoms with Crippen LogP contribution in [0.2, 0.25) is 0 Å². The third-order valence-corrected chi connectivity index (χ3v) is 5.94. The molecular weight excluding hydrogens is 302 g/mol. The Kier molecular flexibility index (Phi) is 6.52. The number of hydrogen-bond donors (Lipinski definition) is 1. The first-order valence-electron chi connectivity index (χ1n) is 10.0.